The first-order valence-corrected chi connectivity index (χ1v) is 4.93. The number of amides is 1. The second-order valence-corrected chi connectivity index (χ2v) is 3.30. The standard InChI is InChI=1S/C11H13N4O2/c12-11(13)14-6-10(17)15-9(7-16)8-4-2-1-3-5-8/h1-5,9H,6H2,(H,15,17)(H4,12,13,14). The molecule has 17 heavy (non-hydrogen) atoms. The summed E-state index contributed by atoms with van der Waals surface area (Å²) in [5.74, 6) is -0.733. The number of hydrogen-bond acceptors (Lipinski definition) is 3. The van der Waals surface area contributed by atoms with Gasteiger partial charge < -0.3 is 16.4 Å². The van der Waals surface area contributed by atoms with Crippen molar-refractivity contribution in [3.8, 4) is 0 Å². The van der Waals surface area contributed by atoms with Crippen LogP contribution >= 0.6 is 0 Å². The summed E-state index contributed by atoms with van der Waals surface area (Å²) >= 11 is 0. The lowest BCUT2D eigenvalue weighted by Gasteiger charge is -2.12. The molecule has 0 saturated carbocycles. The van der Waals surface area contributed by atoms with E-state index >= 15 is 0 Å². The third-order valence-electron chi connectivity index (χ3n) is 2.00. The highest BCUT2D eigenvalue weighted by molar-refractivity contribution is 5.86. The van der Waals surface area contributed by atoms with Crippen LogP contribution in [0.25, 0.3) is 0 Å². The van der Waals surface area contributed by atoms with Gasteiger partial charge in [0, 0.05) is 0 Å². The first-order chi connectivity index (χ1) is 8.13. The Morgan fingerprint density at radius 1 is 1.41 bits per heavy atom. The predicted octanol–water partition coefficient (Wildman–Crippen LogP) is -0.563. The molecule has 1 amide bonds. The molecule has 1 atom stereocenters. The summed E-state index contributed by atoms with van der Waals surface area (Å²) in [5.41, 5.74) is 5.68. The van der Waals surface area contributed by atoms with Crippen LogP contribution in [0.3, 0.4) is 0 Å². The highest BCUT2D eigenvalue weighted by Gasteiger charge is 2.13. The van der Waals surface area contributed by atoms with Gasteiger partial charge in [0.2, 0.25) is 12.2 Å². The third-order valence-corrected chi connectivity index (χ3v) is 2.00. The molecule has 0 aliphatic heterocycles. The minimum absolute atomic E-state index is 0.152. The molecule has 1 radical (unpaired) electrons. The van der Waals surface area contributed by atoms with Crippen LogP contribution in [-0.4, -0.2) is 24.7 Å². The molecule has 0 fully saturated rings. The molecule has 0 aromatic heterocycles. The third kappa shape index (κ3) is 4.33. The summed E-state index contributed by atoms with van der Waals surface area (Å²) < 4.78 is 0. The largest absolute Gasteiger partial charge is 0.370 e. The van der Waals surface area contributed by atoms with E-state index in [1.54, 1.807) is 30.6 Å². The van der Waals surface area contributed by atoms with Crippen LogP contribution in [-0.2, 0) is 9.59 Å². The van der Waals surface area contributed by atoms with Crippen molar-refractivity contribution < 1.29 is 9.59 Å². The normalized spacial score (nSPS) is 11.3. The summed E-state index contributed by atoms with van der Waals surface area (Å²) in [5, 5.41) is 11.7. The van der Waals surface area contributed by atoms with E-state index in [2.05, 4.69) is 10.6 Å². The fourth-order valence-corrected chi connectivity index (χ4v) is 1.21. The van der Waals surface area contributed by atoms with Crippen LogP contribution in [0.5, 0.6) is 0 Å². The van der Waals surface area contributed by atoms with E-state index < -0.39 is 11.9 Å². The van der Waals surface area contributed by atoms with Crippen molar-refractivity contribution in [2.45, 2.75) is 6.04 Å². The smallest absolute Gasteiger partial charge is 0.240 e. The van der Waals surface area contributed by atoms with Crippen LogP contribution in [0.1, 0.15) is 11.6 Å². The van der Waals surface area contributed by atoms with E-state index in [1.165, 1.54) is 0 Å². The first kappa shape index (κ1) is 12.7. The highest BCUT2D eigenvalue weighted by Crippen LogP contribution is 2.09. The van der Waals surface area contributed by atoms with E-state index in [-0.39, 0.29) is 12.5 Å². The zero-order valence-electron chi connectivity index (χ0n) is 9.07. The summed E-state index contributed by atoms with van der Waals surface area (Å²) in [6.07, 6.45) is 1.74. The maximum absolute atomic E-state index is 11.4. The lowest BCUT2D eigenvalue weighted by Crippen LogP contribution is -2.41. The minimum Gasteiger partial charge on any atom is -0.370 e. The van der Waals surface area contributed by atoms with Gasteiger partial charge in [-0.05, 0) is 5.56 Å². The van der Waals surface area contributed by atoms with Gasteiger partial charge >= 0.3 is 0 Å². The Morgan fingerprint density at radius 2 is 2.06 bits per heavy atom. The quantitative estimate of drug-likeness (QED) is 0.403. The van der Waals surface area contributed by atoms with E-state index in [1.807, 2.05) is 6.07 Å². The molecule has 0 bridgehead atoms. The van der Waals surface area contributed by atoms with Gasteiger partial charge in [0.15, 0.2) is 5.96 Å². The van der Waals surface area contributed by atoms with Crippen molar-refractivity contribution in [2.24, 2.45) is 5.73 Å². The number of rotatable bonds is 5. The van der Waals surface area contributed by atoms with Crippen molar-refractivity contribution in [2.75, 3.05) is 6.54 Å². The number of hydrogen-bond donors (Lipinski definition) is 4. The lowest BCUT2D eigenvalue weighted by atomic mass is 10.1. The molecule has 0 saturated heterocycles. The van der Waals surface area contributed by atoms with Gasteiger partial charge in [-0.15, -0.1) is 0 Å². The van der Waals surface area contributed by atoms with E-state index in [4.69, 9.17) is 11.1 Å². The predicted molar refractivity (Wildman–Crippen MR) is 62.9 cm³/mol. The summed E-state index contributed by atoms with van der Waals surface area (Å²) in [4.78, 5) is 22.1. The molecule has 0 heterocycles. The van der Waals surface area contributed by atoms with Crippen molar-refractivity contribution in [1.82, 2.24) is 10.6 Å². The molecular weight excluding hydrogens is 220 g/mol. The van der Waals surface area contributed by atoms with Gasteiger partial charge in [-0.25, -0.2) is 0 Å². The van der Waals surface area contributed by atoms with Crippen LogP contribution < -0.4 is 16.4 Å². The number of nitrogens with one attached hydrogen (secondary N) is 3. The van der Waals surface area contributed by atoms with Gasteiger partial charge in [-0.1, -0.05) is 30.3 Å². The van der Waals surface area contributed by atoms with Gasteiger partial charge in [0.05, 0.1) is 6.54 Å². The van der Waals surface area contributed by atoms with Crippen molar-refractivity contribution in [3.63, 3.8) is 0 Å². The summed E-state index contributed by atoms with van der Waals surface area (Å²) in [7, 11) is 0. The SMILES string of the molecule is N=C(N)NCC(=O)NC([C]=O)c1ccccc1. The van der Waals surface area contributed by atoms with Crippen molar-refractivity contribution in [1.29, 1.82) is 5.41 Å². The number of carbonyl (C=O) groups excluding carboxylic acids is 2. The molecule has 0 aliphatic rings. The second kappa shape index (κ2) is 6.26. The first-order valence-electron chi connectivity index (χ1n) is 4.93. The Labute approximate surface area is 98.7 Å². The van der Waals surface area contributed by atoms with Crippen molar-refractivity contribution in [3.05, 3.63) is 35.9 Å². The Morgan fingerprint density at radius 3 is 2.59 bits per heavy atom. The van der Waals surface area contributed by atoms with Gasteiger partial charge in [0.25, 0.3) is 0 Å². The monoisotopic (exact) mass is 233 g/mol. The molecule has 6 nitrogen and oxygen atoms in total. The van der Waals surface area contributed by atoms with Crippen molar-refractivity contribution >= 4 is 18.2 Å². The number of nitrogens with two attached hydrogens (primary N) is 1. The van der Waals surface area contributed by atoms with Crippen LogP contribution in [0.2, 0.25) is 0 Å². The zero-order valence-corrected chi connectivity index (χ0v) is 9.07. The second-order valence-electron chi connectivity index (χ2n) is 3.30. The maximum atomic E-state index is 11.4. The zero-order chi connectivity index (χ0) is 12.7. The highest BCUT2D eigenvalue weighted by atomic mass is 16.2. The van der Waals surface area contributed by atoms with Crippen LogP contribution in [0, 0.1) is 5.41 Å². The molecule has 89 valence electrons. The average molecular weight is 233 g/mol. The fourth-order valence-electron chi connectivity index (χ4n) is 1.21. The Balaban J connectivity index is 2.56. The number of carbonyl (C=O) groups is 1. The molecular formula is C11H13N4O2. The van der Waals surface area contributed by atoms with E-state index in [0.29, 0.717) is 5.56 Å². The lowest BCUT2D eigenvalue weighted by molar-refractivity contribution is -0.120. The number of benzene rings is 1. The van der Waals surface area contributed by atoms with Gasteiger partial charge in [-0.3, -0.25) is 15.0 Å². The van der Waals surface area contributed by atoms with Gasteiger partial charge in [0.1, 0.15) is 6.04 Å². The summed E-state index contributed by atoms with van der Waals surface area (Å²) in [6.45, 7) is -0.152. The minimum atomic E-state index is -0.808. The topological polar surface area (TPSA) is 108 Å². The number of guanidine groups is 1. The molecule has 6 heteroatoms. The molecule has 0 spiro atoms. The summed E-state index contributed by atoms with van der Waals surface area (Å²) in [6, 6.07) is 7.96. The fraction of sp³-hybridized carbons (Fsp3) is 0.182. The molecule has 1 aromatic carbocycles. The Kier molecular flexibility index (Phi) is 4.68. The van der Waals surface area contributed by atoms with Crippen LogP contribution in [0.15, 0.2) is 30.3 Å². The Hall–Kier alpha value is -2.37. The molecule has 1 unspecified atom stereocenters. The maximum Gasteiger partial charge on any atom is 0.240 e. The average Bonchev–Trinajstić information content (AvgIpc) is 2.34. The molecule has 1 aromatic rings. The molecule has 0 aliphatic carbocycles. The van der Waals surface area contributed by atoms with Gasteiger partial charge in [-0.2, -0.15) is 0 Å². The molecule has 1 rings (SSSR count). The van der Waals surface area contributed by atoms with E-state index in [9.17, 15) is 9.59 Å². The van der Waals surface area contributed by atoms with Crippen LogP contribution in [0.4, 0.5) is 0 Å². The van der Waals surface area contributed by atoms with E-state index in [0.717, 1.165) is 0 Å². The Bertz CT molecular complexity index is 405. The molecule has 5 N–H and O–H groups in total.